The highest BCUT2D eigenvalue weighted by Gasteiger charge is 2.15. The standard InChI is InChI=1S/C10H17N3O/c1-10(2,3)8-5-7(6-12-8)13-9(14)11-4/h5-6,12H,1-4H3,(H2,11,13,14). The molecule has 0 spiro atoms. The summed E-state index contributed by atoms with van der Waals surface area (Å²) in [7, 11) is 1.59. The van der Waals surface area contributed by atoms with Gasteiger partial charge in [0, 0.05) is 24.4 Å². The van der Waals surface area contributed by atoms with Crippen molar-refractivity contribution in [3.05, 3.63) is 18.0 Å². The topological polar surface area (TPSA) is 56.9 Å². The molecule has 0 aromatic carbocycles. The molecule has 0 unspecified atom stereocenters. The van der Waals surface area contributed by atoms with Crippen LogP contribution in [0.2, 0.25) is 0 Å². The van der Waals surface area contributed by atoms with Gasteiger partial charge in [0.2, 0.25) is 0 Å². The number of anilines is 1. The molecule has 1 rings (SSSR count). The van der Waals surface area contributed by atoms with Crippen molar-refractivity contribution < 1.29 is 4.79 Å². The first-order chi connectivity index (χ1) is 6.43. The minimum Gasteiger partial charge on any atom is -0.363 e. The monoisotopic (exact) mass is 195 g/mol. The lowest BCUT2D eigenvalue weighted by Gasteiger charge is -2.15. The molecule has 0 aliphatic heterocycles. The number of amides is 2. The number of urea groups is 1. The Morgan fingerprint density at radius 1 is 1.43 bits per heavy atom. The summed E-state index contributed by atoms with van der Waals surface area (Å²) >= 11 is 0. The quantitative estimate of drug-likeness (QED) is 0.631. The van der Waals surface area contributed by atoms with Crippen molar-refractivity contribution in [3.8, 4) is 0 Å². The van der Waals surface area contributed by atoms with Crippen LogP contribution in [0.4, 0.5) is 10.5 Å². The summed E-state index contributed by atoms with van der Waals surface area (Å²) in [6.45, 7) is 6.34. The van der Waals surface area contributed by atoms with Gasteiger partial charge in [-0.05, 0) is 6.07 Å². The van der Waals surface area contributed by atoms with Crippen molar-refractivity contribution >= 4 is 11.7 Å². The maximum Gasteiger partial charge on any atom is 0.319 e. The van der Waals surface area contributed by atoms with Crippen LogP contribution in [0.25, 0.3) is 0 Å². The van der Waals surface area contributed by atoms with E-state index in [1.165, 1.54) is 0 Å². The molecule has 0 aliphatic carbocycles. The van der Waals surface area contributed by atoms with Crippen LogP contribution in [0.15, 0.2) is 12.3 Å². The third-order valence-corrected chi connectivity index (χ3v) is 1.98. The molecule has 1 heterocycles. The van der Waals surface area contributed by atoms with Gasteiger partial charge in [-0.2, -0.15) is 0 Å². The Bertz CT molecular complexity index is 322. The van der Waals surface area contributed by atoms with Gasteiger partial charge < -0.3 is 15.6 Å². The van der Waals surface area contributed by atoms with Crippen LogP contribution < -0.4 is 10.6 Å². The fourth-order valence-electron chi connectivity index (χ4n) is 1.09. The highest BCUT2D eigenvalue weighted by molar-refractivity contribution is 5.88. The second-order valence-electron chi connectivity index (χ2n) is 4.26. The second kappa shape index (κ2) is 3.74. The number of H-pyrrole nitrogens is 1. The van der Waals surface area contributed by atoms with E-state index >= 15 is 0 Å². The van der Waals surface area contributed by atoms with Gasteiger partial charge in [0.1, 0.15) is 0 Å². The molecule has 0 saturated carbocycles. The molecule has 4 nitrogen and oxygen atoms in total. The van der Waals surface area contributed by atoms with Gasteiger partial charge in [0.15, 0.2) is 0 Å². The SMILES string of the molecule is CNC(=O)Nc1c[nH]c(C(C)(C)C)c1. The van der Waals surface area contributed by atoms with Gasteiger partial charge >= 0.3 is 6.03 Å². The van der Waals surface area contributed by atoms with Crippen LogP contribution in [0.3, 0.4) is 0 Å². The van der Waals surface area contributed by atoms with Gasteiger partial charge in [0.25, 0.3) is 0 Å². The maximum absolute atomic E-state index is 11.0. The van der Waals surface area contributed by atoms with Crippen molar-refractivity contribution in [2.75, 3.05) is 12.4 Å². The van der Waals surface area contributed by atoms with E-state index in [0.717, 1.165) is 11.4 Å². The number of carbonyl (C=O) groups is 1. The van der Waals surface area contributed by atoms with Crippen LogP contribution in [0.1, 0.15) is 26.5 Å². The van der Waals surface area contributed by atoms with Gasteiger partial charge in [-0.15, -0.1) is 0 Å². The fraction of sp³-hybridized carbons (Fsp3) is 0.500. The van der Waals surface area contributed by atoms with Crippen molar-refractivity contribution in [1.29, 1.82) is 0 Å². The zero-order chi connectivity index (χ0) is 10.8. The largest absolute Gasteiger partial charge is 0.363 e. The Balaban J connectivity index is 2.74. The van der Waals surface area contributed by atoms with Crippen LogP contribution in [0, 0.1) is 0 Å². The summed E-state index contributed by atoms with van der Waals surface area (Å²) in [5.41, 5.74) is 1.96. The maximum atomic E-state index is 11.0. The highest BCUT2D eigenvalue weighted by Crippen LogP contribution is 2.23. The second-order valence-corrected chi connectivity index (χ2v) is 4.26. The third-order valence-electron chi connectivity index (χ3n) is 1.98. The number of aromatic nitrogens is 1. The van der Waals surface area contributed by atoms with Gasteiger partial charge in [-0.25, -0.2) is 4.79 Å². The summed E-state index contributed by atoms with van der Waals surface area (Å²) in [5.74, 6) is 0. The molecule has 0 radical (unpaired) electrons. The van der Waals surface area contributed by atoms with Crippen LogP contribution in [0.5, 0.6) is 0 Å². The Labute approximate surface area is 84.1 Å². The molecule has 0 bridgehead atoms. The lowest BCUT2D eigenvalue weighted by molar-refractivity contribution is 0.254. The van der Waals surface area contributed by atoms with E-state index in [-0.39, 0.29) is 11.4 Å². The first kappa shape index (κ1) is 10.6. The van der Waals surface area contributed by atoms with E-state index in [0.29, 0.717) is 0 Å². The molecule has 4 heteroatoms. The Hall–Kier alpha value is -1.45. The number of aromatic amines is 1. The number of carbonyl (C=O) groups excluding carboxylic acids is 1. The Kier molecular flexibility index (Phi) is 2.84. The van der Waals surface area contributed by atoms with Crippen LogP contribution in [-0.4, -0.2) is 18.1 Å². The minimum atomic E-state index is -0.204. The fourth-order valence-corrected chi connectivity index (χ4v) is 1.09. The zero-order valence-corrected chi connectivity index (χ0v) is 9.06. The summed E-state index contributed by atoms with van der Waals surface area (Å²) in [4.78, 5) is 14.1. The molecule has 78 valence electrons. The Morgan fingerprint density at radius 2 is 2.07 bits per heavy atom. The van der Waals surface area contributed by atoms with E-state index < -0.39 is 0 Å². The summed E-state index contributed by atoms with van der Waals surface area (Å²) < 4.78 is 0. The smallest absolute Gasteiger partial charge is 0.319 e. The van der Waals surface area contributed by atoms with Crippen molar-refractivity contribution in [2.45, 2.75) is 26.2 Å². The molecule has 0 saturated heterocycles. The van der Waals surface area contributed by atoms with Crippen LogP contribution in [-0.2, 0) is 5.41 Å². The van der Waals surface area contributed by atoms with Gasteiger partial charge in [0.05, 0.1) is 5.69 Å². The third kappa shape index (κ3) is 2.52. The van der Waals surface area contributed by atoms with E-state index in [2.05, 4.69) is 36.4 Å². The van der Waals surface area contributed by atoms with Crippen molar-refractivity contribution in [2.24, 2.45) is 0 Å². The Morgan fingerprint density at radius 3 is 2.50 bits per heavy atom. The summed E-state index contributed by atoms with van der Waals surface area (Å²) in [5, 5.41) is 5.20. The molecular weight excluding hydrogens is 178 g/mol. The number of hydrogen-bond donors (Lipinski definition) is 3. The van der Waals surface area contributed by atoms with E-state index in [4.69, 9.17) is 0 Å². The predicted octanol–water partition coefficient (Wildman–Crippen LogP) is 2.06. The molecule has 0 fully saturated rings. The number of rotatable bonds is 1. The van der Waals surface area contributed by atoms with Gasteiger partial charge in [-0.1, -0.05) is 20.8 Å². The predicted molar refractivity (Wildman–Crippen MR) is 57.6 cm³/mol. The number of nitrogens with one attached hydrogen (secondary N) is 3. The van der Waals surface area contributed by atoms with E-state index in [9.17, 15) is 4.79 Å². The molecule has 0 aliphatic rings. The molecule has 3 N–H and O–H groups in total. The molecule has 0 atom stereocenters. The normalized spacial score (nSPS) is 11.1. The molecular formula is C10H17N3O. The minimum absolute atomic E-state index is 0.0720. The van der Waals surface area contributed by atoms with E-state index in [1.807, 2.05) is 6.07 Å². The highest BCUT2D eigenvalue weighted by atomic mass is 16.2. The van der Waals surface area contributed by atoms with Gasteiger partial charge in [-0.3, -0.25) is 0 Å². The zero-order valence-electron chi connectivity index (χ0n) is 9.06. The first-order valence-electron chi connectivity index (χ1n) is 4.61. The molecule has 14 heavy (non-hydrogen) atoms. The lowest BCUT2D eigenvalue weighted by atomic mass is 9.92. The summed E-state index contributed by atoms with van der Waals surface area (Å²) in [6, 6.07) is 1.74. The lowest BCUT2D eigenvalue weighted by Crippen LogP contribution is -2.24. The first-order valence-corrected chi connectivity index (χ1v) is 4.61. The number of hydrogen-bond acceptors (Lipinski definition) is 1. The van der Waals surface area contributed by atoms with Crippen molar-refractivity contribution in [1.82, 2.24) is 10.3 Å². The molecule has 2 amide bonds. The summed E-state index contributed by atoms with van der Waals surface area (Å²) in [6.07, 6.45) is 1.79. The molecule has 1 aromatic heterocycles. The van der Waals surface area contributed by atoms with Crippen molar-refractivity contribution in [3.63, 3.8) is 0 Å². The van der Waals surface area contributed by atoms with Crippen LogP contribution >= 0.6 is 0 Å². The molecule has 1 aromatic rings. The average Bonchev–Trinajstić information content (AvgIpc) is 2.51. The van der Waals surface area contributed by atoms with E-state index in [1.54, 1.807) is 13.2 Å². The average molecular weight is 195 g/mol.